The Morgan fingerprint density at radius 2 is 2.15 bits per heavy atom. The Kier molecular flexibility index (Phi) is 5.01. The number of fused-ring (bicyclic) bond motifs is 1. The number of hydrogen-bond donors (Lipinski definition) is 0. The smallest absolute Gasteiger partial charge is 0.286 e. The van der Waals surface area contributed by atoms with Gasteiger partial charge in [-0.2, -0.15) is 4.99 Å². The minimum absolute atomic E-state index is 0.138. The zero-order valence-electron chi connectivity index (χ0n) is 13.8. The number of carbonyl (C=O) groups excluding carboxylic acids is 1. The number of carbonyl (C=O) groups is 1. The highest BCUT2D eigenvalue weighted by Crippen LogP contribution is 2.24. The summed E-state index contributed by atoms with van der Waals surface area (Å²) in [6, 6.07) is 9.78. The highest BCUT2D eigenvalue weighted by Gasteiger charge is 2.20. The van der Waals surface area contributed by atoms with Crippen LogP contribution in [0.5, 0.6) is 0 Å². The monoisotopic (exact) mass is 387 g/mol. The first-order chi connectivity index (χ1) is 12.4. The molecule has 0 aliphatic heterocycles. The third kappa shape index (κ3) is 3.44. The lowest BCUT2D eigenvalue weighted by Gasteiger charge is -2.02. The average molecular weight is 388 g/mol. The number of aryl methyl sites for hydroxylation is 1. The van der Waals surface area contributed by atoms with Crippen LogP contribution in [0.15, 0.2) is 54.0 Å². The molecule has 0 atom stereocenters. The van der Waals surface area contributed by atoms with Crippen molar-refractivity contribution < 1.29 is 9.72 Å². The quantitative estimate of drug-likeness (QED) is 0.375. The first-order valence-electron chi connectivity index (χ1n) is 7.64. The number of rotatable bonds is 4. The van der Waals surface area contributed by atoms with Crippen molar-refractivity contribution in [1.82, 2.24) is 4.57 Å². The second-order valence-corrected chi connectivity index (χ2v) is 7.04. The fourth-order valence-electron chi connectivity index (χ4n) is 2.56. The van der Waals surface area contributed by atoms with Crippen molar-refractivity contribution in [3.05, 3.63) is 80.1 Å². The van der Waals surface area contributed by atoms with Gasteiger partial charge in [0.2, 0.25) is 0 Å². The molecule has 6 nitrogen and oxygen atoms in total. The molecule has 0 saturated heterocycles. The summed E-state index contributed by atoms with van der Waals surface area (Å²) in [5, 5.41) is 11.4. The second kappa shape index (κ2) is 7.23. The molecule has 0 N–H and O–H groups in total. The van der Waals surface area contributed by atoms with Gasteiger partial charge >= 0.3 is 0 Å². The van der Waals surface area contributed by atoms with Gasteiger partial charge in [-0.3, -0.25) is 14.9 Å². The van der Waals surface area contributed by atoms with Crippen molar-refractivity contribution in [2.75, 3.05) is 0 Å². The molecule has 8 heteroatoms. The summed E-state index contributed by atoms with van der Waals surface area (Å²) in [6.45, 7) is 6.18. The summed E-state index contributed by atoms with van der Waals surface area (Å²) < 4.78 is 2.82. The van der Waals surface area contributed by atoms with Gasteiger partial charge < -0.3 is 4.57 Å². The number of aromatic nitrogens is 1. The van der Waals surface area contributed by atoms with Gasteiger partial charge in [0.15, 0.2) is 4.80 Å². The molecule has 0 saturated carbocycles. The van der Waals surface area contributed by atoms with Crippen molar-refractivity contribution in [3.8, 4) is 0 Å². The van der Waals surface area contributed by atoms with E-state index in [9.17, 15) is 14.9 Å². The normalized spacial score (nSPS) is 11.7. The highest BCUT2D eigenvalue weighted by atomic mass is 35.5. The Balaban J connectivity index is 2.20. The minimum atomic E-state index is -0.708. The molecular weight excluding hydrogens is 374 g/mol. The Morgan fingerprint density at radius 3 is 2.85 bits per heavy atom. The fraction of sp³-hybridized carbons (Fsp3) is 0.111. The average Bonchev–Trinajstić information content (AvgIpc) is 2.91. The highest BCUT2D eigenvalue weighted by molar-refractivity contribution is 7.16. The van der Waals surface area contributed by atoms with Crippen molar-refractivity contribution in [2.45, 2.75) is 13.5 Å². The topological polar surface area (TPSA) is 77.5 Å². The van der Waals surface area contributed by atoms with Crippen LogP contribution in [0.2, 0.25) is 5.02 Å². The lowest BCUT2D eigenvalue weighted by Crippen LogP contribution is -2.16. The Morgan fingerprint density at radius 1 is 1.38 bits per heavy atom. The van der Waals surface area contributed by atoms with E-state index < -0.39 is 10.8 Å². The molecule has 2 aromatic carbocycles. The standard InChI is InChI=1S/C18H14ClN3O3S/c1-3-8-21-15-6-4-11(2)9-16(15)26-18(21)20-17(23)13-10-12(19)5-7-14(13)22(24)25/h3-7,9-10H,1,8H2,2H3. The Bertz CT molecular complexity index is 1110. The summed E-state index contributed by atoms with van der Waals surface area (Å²) in [5.74, 6) is -0.708. The second-order valence-electron chi connectivity index (χ2n) is 5.59. The van der Waals surface area contributed by atoms with Gasteiger partial charge in [0.05, 0.1) is 15.1 Å². The van der Waals surface area contributed by atoms with Crippen LogP contribution in [0.4, 0.5) is 5.69 Å². The van der Waals surface area contributed by atoms with E-state index in [1.165, 1.54) is 29.5 Å². The summed E-state index contributed by atoms with van der Waals surface area (Å²) >= 11 is 7.24. The number of allylic oxidation sites excluding steroid dienone is 1. The molecule has 3 rings (SSSR count). The van der Waals surface area contributed by atoms with Crippen molar-refractivity contribution in [1.29, 1.82) is 0 Å². The van der Waals surface area contributed by atoms with Crippen molar-refractivity contribution in [2.24, 2.45) is 4.99 Å². The first kappa shape index (κ1) is 18.0. The summed E-state index contributed by atoms with van der Waals surface area (Å²) in [6.07, 6.45) is 1.71. The van der Waals surface area contributed by atoms with E-state index in [0.29, 0.717) is 11.3 Å². The number of nitro groups is 1. The van der Waals surface area contributed by atoms with Crippen molar-refractivity contribution >= 4 is 44.7 Å². The molecule has 0 aliphatic rings. The molecule has 0 bridgehead atoms. The summed E-state index contributed by atoms with van der Waals surface area (Å²) in [4.78, 5) is 27.8. The van der Waals surface area contributed by atoms with Crippen LogP contribution >= 0.6 is 22.9 Å². The number of nitrogens with zero attached hydrogens (tertiary/aromatic N) is 3. The number of benzene rings is 2. The van der Waals surface area contributed by atoms with Crippen LogP contribution in [0.3, 0.4) is 0 Å². The third-order valence-electron chi connectivity index (χ3n) is 3.73. The predicted octanol–water partition coefficient (Wildman–Crippen LogP) is 4.50. The number of hydrogen-bond acceptors (Lipinski definition) is 4. The van der Waals surface area contributed by atoms with Crippen LogP contribution in [-0.2, 0) is 6.54 Å². The van der Waals surface area contributed by atoms with Crippen LogP contribution < -0.4 is 4.80 Å². The summed E-state index contributed by atoms with van der Waals surface area (Å²) in [5.41, 5.74) is 1.55. The molecule has 0 fully saturated rings. The Hall–Kier alpha value is -2.77. The molecule has 26 heavy (non-hydrogen) atoms. The Labute approximate surface area is 157 Å². The predicted molar refractivity (Wildman–Crippen MR) is 103 cm³/mol. The molecule has 1 amide bonds. The van der Waals surface area contributed by atoms with E-state index in [1.807, 2.05) is 29.7 Å². The van der Waals surface area contributed by atoms with E-state index in [1.54, 1.807) is 6.08 Å². The van der Waals surface area contributed by atoms with Gasteiger partial charge in [0.25, 0.3) is 11.6 Å². The van der Waals surface area contributed by atoms with Gasteiger partial charge in [-0.15, -0.1) is 6.58 Å². The van der Waals surface area contributed by atoms with Crippen LogP contribution in [0.25, 0.3) is 10.2 Å². The molecule has 0 spiro atoms. The zero-order chi connectivity index (χ0) is 18.8. The SMILES string of the molecule is C=CCn1c(=NC(=O)c2cc(Cl)ccc2[N+](=O)[O-])sc2cc(C)ccc21. The van der Waals surface area contributed by atoms with Gasteiger partial charge in [-0.1, -0.05) is 35.1 Å². The van der Waals surface area contributed by atoms with Gasteiger partial charge in [-0.25, -0.2) is 0 Å². The third-order valence-corrected chi connectivity index (χ3v) is 5.01. The molecule has 0 aliphatic carbocycles. The lowest BCUT2D eigenvalue weighted by molar-refractivity contribution is -0.385. The van der Waals surface area contributed by atoms with E-state index in [-0.39, 0.29) is 16.3 Å². The number of nitro benzene ring substituents is 1. The van der Waals surface area contributed by atoms with E-state index >= 15 is 0 Å². The maximum absolute atomic E-state index is 12.6. The number of thiazole rings is 1. The molecule has 0 radical (unpaired) electrons. The fourth-order valence-corrected chi connectivity index (χ4v) is 3.87. The number of amides is 1. The van der Waals surface area contributed by atoms with Crippen LogP contribution in [0, 0.1) is 17.0 Å². The maximum atomic E-state index is 12.6. The molecule has 0 unspecified atom stereocenters. The molecule has 132 valence electrons. The first-order valence-corrected chi connectivity index (χ1v) is 8.84. The molecule has 1 aromatic heterocycles. The van der Waals surface area contributed by atoms with Crippen LogP contribution in [-0.4, -0.2) is 15.4 Å². The molecule has 1 heterocycles. The summed E-state index contributed by atoms with van der Waals surface area (Å²) in [7, 11) is 0. The van der Waals surface area contributed by atoms with E-state index in [2.05, 4.69) is 11.6 Å². The van der Waals surface area contributed by atoms with Gasteiger partial charge in [-0.05, 0) is 36.8 Å². The lowest BCUT2D eigenvalue weighted by atomic mass is 10.2. The largest absolute Gasteiger partial charge is 0.312 e. The van der Waals surface area contributed by atoms with E-state index in [4.69, 9.17) is 11.6 Å². The van der Waals surface area contributed by atoms with Crippen molar-refractivity contribution in [3.63, 3.8) is 0 Å². The van der Waals surface area contributed by atoms with Gasteiger partial charge in [0.1, 0.15) is 5.56 Å². The minimum Gasteiger partial charge on any atom is -0.312 e. The van der Waals surface area contributed by atoms with E-state index in [0.717, 1.165) is 15.8 Å². The zero-order valence-corrected chi connectivity index (χ0v) is 15.4. The maximum Gasteiger partial charge on any atom is 0.286 e. The number of halogens is 1. The van der Waals surface area contributed by atoms with Crippen LogP contribution in [0.1, 0.15) is 15.9 Å². The molecular formula is C18H14ClN3O3S. The molecule has 3 aromatic rings. The van der Waals surface area contributed by atoms with Gasteiger partial charge in [0, 0.05) is 17.6 Å².